The van der Waals surface area contributed by atoms with Gasteiger partial charge in [-0.05, 0) is 6.42 Å². The van der Waals surface area contributed by atoms with Crippen LogP contribution < -0.4 is 0 Å². The lowest BCUT2D eigenvalue weighted by Gasteiger charge is -2.43. The Kier molecular flexibility index (Phi) is 1.48. The van der Waals surface area contributed by atoms with Gasteiger partial charge in [0.15, 0.2) is 0 Å². The SMILES string of the molecule is CCC1C(C2CO2)OC1C1CO1. The molecule has 3 aliphatic heterocycles. The van der Waals surface area contributed by atoms with E-state index in [1.54, 1.807) is 0 Å². The molecule has 0 aromatic carbocycles. The minimum atomic E-state index is 0.379. The predicted molar refractivity (Wildman–Crippen MR) is 41.9 cm³/mol. The molecule has 0 amide bonds. The molecule has 0 aromatic heterocycles. The third kappa shape index (κ3) is 1.00. The normalized spacial score (nSPS) is 56.2. The average Bonchev–Trinajstić information content (AvgIpc) is 2.79. The molecule has 12 heavy (non-hydrogen) atoms. The Morgan fingerprint density at radius 3 is 1.92 bits per heavy atom. The maximum Gasteiger partial charge on any atom is 0.107 e. The van der Waals surface area contributed by atoms with Crippen LogP contribution in [0.15, 0.2) is 0 Å². The molecule has 0 aliphatic carbocycles. The fourth-order valence-corrected chi connectivity index (χ4v) is 2.16. The summed E-state index contributed by atoms with van der Waals surface area (Å²) in [6.45, 7) is 4.02. The second-order valence-electron chi connectivity index (χ2n) is 3.88. The zero-order valence-corrected chi connectivity index (χ0v) is 7.23. The van der Waals surface area contributed by atoms with E-state index in [4.69, 9.17) is 14.2 Å². The van der Waals surface area contributed by atoms with Crippen molar-refractivity contribution in [1.29, 1.82) is 0 Å². The van der Waals surface area contributed by atoms with Gasteiger partial charge in [-0.25, -0.2) is 0 Å². The highest BCUT2D eigenvalue weighted by Crippen LogP contribution is 2.42. The van der Waals surface area contributed by atoms with E-state index < -0.39 is 0 Å². The first kappa shape index (κ1) is 7.30. The maximum absolute atomic E-state index is 5.74. The summed E-state index contributed by atoms with van der Waals surface area (Å²) in [6, 6.07) is 0. The Labute approximate surface area is 72.0 Å². The number of ether oxygens (including phenoxy) is 3. The molecule has 0 radical (unpaired) electrons. The Morgan fingerprint density at radius 1 is 1.08 bits per heavy atom. The Hall–Kier alpha value is -0.120. The Balaban J connectivity index is 1.61. The molecule has 3 heteroatoms. The van der Waals surface area contributed by atoms with Crippen molar-refractivity contribution in [3.63, 3.8) is 0 Å². The molecule has 3 fully saturated rings. The van der Waals surface area contributed by atoms with Crippen molar-refractivity contribution < 1.29 is 14.2 Å². The topological polar surface area (TPSA) is 34.3 Å². The maximum atomic E-state index is 5.74. The molecule has 4 atom stereocenters. The summed E-state index contributed by atoms with van der Waals surface area (Å²) in [6.07, 6.45) is 2.76. The molecule has 3 nitrogen and oxygen atoms in total. The molecule has 68 valence electrons. The Bertz CT molecular complexity index is 168. The van der Waals surface area contributed by atoms with Gasteiger partial charge in [0.1, 0.15) is 12.2 Å². The van der Waals surface area contributed by atoms with Gasteiger partial charge in [-0.15, -0.1) is 0 Å². The fourth-order valence-electron chi connectivity index (χ4n) is 2.16. The van der Waals surface area contributed by atoms with Gasteiger partial charge in [0, 0.05) is 5.92 Å². The highest BCUT2D eigenvalue weighted by atomic mass is 16.6. The van der Waals surface area contributed by atoms with E-state index in [0.717, 1.165) is 13.2 Å². The smallest absolute Gasteiger partial charge is 0.107 e. The molecule has 0 N–H and O–H groups in total. The molecule has 3 rings (SSSR count). The van der Waals surface area contributed by atoms with Gasteiger partial charge in [0.2, 0.25) is 0 Å². The van der Waals surface area contributed by atoms with Gasteiger partial charge in [-0.2, -0.15) is 0 Å². The minimum Gasteiger partial charge on any atom is -0.370 e. The van der Waals surface area contributed by atoms with Crippen LogP contribution in [0.25, 0.3) is 0 Å². The molecule has 0 spiro atoms. The zero-order chi connectivity index (χ0) is 8.13. The summed E-state index contributed by atoms with van der Waals surface area (Å²) in [5, 5.41) is 0. The van der Waals surface area contributed by atoms with E-state index in [0.29, 0.717) is 30.3 Å². The van der Waals surface area contributed by atoms with E-state index >= 15 is 0 Å². The van der Waals surface area contributed by atoms with Crippen molar-refractivity contribution in [3.8, 4) is 0 Å². The van der Waals surface area contributed by atoms with Crippen molar-refractivity contribution in [2.24, 2.45) is 5.92 Å². The first-order chi connectivity index (χ1) is 5.90. The average molecular weight is 170 g/mol. The first-order valence-electron chi connectivity index (χ1n) is 4.79. The number of hydrogen-bond donors (Lipinski definition) is 0. The predicted octanol–water partition coefficient (Wildman–Crippen LogP) is 0.578. The van der Waals surface area contributed by atoms with Crippen molar-refractivity contribution in [3.05, 3.63) is 0 Å². The second kappa shape index (κ2) is 2.44. The summed E-state index contributed by atoms with van der Waals surface area (Å²) < 4.78 is 16.2. The molecule has 4 unspecified atom stereocenters. The largest absolute Gasteiger partial charge is 0.370 e. The van der Waals surface area contributed by atoms with Crippen LogP contribution >= 0.6 is 0 Å². The van der Waals surface area contributed by atoms with Gasteiger partial charge in [-0.3, -0.25) is 0 Å². The van der Waals surface area contributed by atoms with Crippen LogP contribution in [0.4, 0.5) is 0 Å². The molecule has 0 saturated carbocycles. The highest BCUT2D eigenvalue weighted by Gasteiger charge is 2.55. The zero-order valence-electron chi connectivity index (χ0n) is 7.23. The van der Waals surface area contributed by atoms with Crippen LogP contribution in [-0.4, -0.2) is 37.6 Å². The van der Waals surface area contributed by atoms with Crippen molar-refractivity contribution in [1.82, 2.24) is 0 Å². The van der Waals surface area contributed by atoms with Gasteiger partial charge in [0.25, 0.3) is 0 Å². The third-order valence-corrected chi connectivity index (χ3v) is 3.08. The summed E-state index contributed by atoms with van der Waals surface area (Å²) in [4.78, 5) is 0. The highest BCUT2D eigenvalue weighted by molar-refractivity contribution is 5.01. The van der Waals surface area contributed by atoms with E-state index in [1.807, 2.05) is 0 Å². The van der Waals surface area contributed by atoms with Crippen LogP contribution in [0, 0.1) is 5.92 Å². The third-order valence-electron chi connectivity index (χ3n) is 3.08. The summed E-state index contributed by atoms with van der Waals surface area (Å²) >= 11 is 0. The standard InChI is InChI=1S/C9H14O3/c1-2-5-8(6-3-10-6)12-9(5)7-4-11-7/h5-9H,2-4H2,1H3. The summed E-state index contributed by atoms with van der Waals surface area (Å²) in [5.74, 6) is 0.685. The lowest BCUT2D eigenvalue weighted by molar-refractivity contribution is -0.200. The second-order valence-corrected chi connectivity index (χ2v) is 3.88. The van der Waals surface area contributed by atoms with Crippen LogP contribution in [0.5, 0.6) is 0 Å². The summed E-state index contributed by atoms with van der Waals surface area (Å²) in [5.41, 5.74) is 0. The van der Waals surface area contributed by atoms with Gasteiger partial charge in [0.05, 0.1) is 25.4 Å². The Morgan fingerprint density at radius 2 is 1.58 bits per heavy atom. The van der Waals surface area contributed by atoms with Crippen LogP contribution in [0.3, 0.4) is 0 Å². The van der Waals surface area contributed by atoms with Gasteiger partial charge >= 0.3 is 0 Å². The molecule has 0 bridgehead atoms. The van der Waals surface area contributed by atoms with Crippen LogP contribution in [0.1, 0.15) is 13.3 Å². The van der Waals surface area contributed by atoms with Gasteiger partial charge in [-0.1, -0.05) is 6.92 Å². The first-order valence-corrected chi connectivity index (χ1v) is 4.79. The van der Waals surface area contributed by atoms with E-state index in [-0.39, 0.29) is 0 Å². The minimum absolute atomic E-state index is 0.379. The monoisotopic (exact) mass is 170 g/mol. The number of epoxide rings is 2. The van der Waals surface area contributed by atoms with E-state index in [9.17, 15) is 0 Å². The van der Waals surface area contributed by atoms with Crippen LogP contribution in [0.2, 0.25) is 0 Å². The van der Waals surface area contributed by atoms with Gasteiger partial charge < -0.3 is 14.2 Å². The van der Waals surface area contributed by atoms with Crippen molar-refractivity contribution >= 4 is 0 Å². The molecular formula is C9H14O3. The lowest BCUT2D eigenvalue weighted by atomic mass is 9.83. The van der Waals surface area contributed by atoms with Crippen molar-refractivity contribution in [2.45, 2.75) is 37.8 Å². The lowest BCUT2D eigenvalue weighted by Crippen LogP contribution is -2.54. The summed E-state index contributed by atoms with van der Waals surface area (Å²) in [7, 11) is 0. The fraction of sp³-hybridized carbons (Fsp3) is 1.00. The molecular weight excluding hydrogens is 156 g/mol. The molecule has 3 heterocycles. The molecule has 0 aromatic rings. The number of hydrogen-bond acceptors (Lipinski definition) is 3. The van der Waals surface area contributed by atoms with Crippen molar-refractivity contribution in [2.75, 3.05) is 13.2 Å². The van der Waals surface area contributed by atoms with Crippen LogP contribution in [-0.2, 0) is 14.2 Å². The molecule has 3 aliphatic rings. The quantitative estimate of drug-likeness (QED) is 0.581. The molecule has 3 saturated heterocycles. The van der Waals surface area contributed by atoms with E-state index in [1.165, 1.54) is 6.42 Å². The van der Waals surface area contributed by atoms with E-state index in [2.05, 4.69) is 6.92 Å². The number of rotatable bonds is 3.